The van der Waals surface area contributed by atoms with Crippen molar-refractivity contribution in [3.05, 3.63) is 182 Å². The summed E-state index contributed by atoms with van der Waals surface area (Å²) in [6, 6.07) is 46.0. The first-order valence-corrected chi connectivity index (χ1v) is 14.4. The van der Waals surface area contributed by atoms with Crippen molar-refractivity contribution in [3.8, 4) is 11.1 Å². The summed E-state index contributed by atoms with van der Waals surface area (Å²) in [5.41, 5.74) is 10.2. The fraction of sp³-hybridized carbons (Fsp3) is 0.100. The van der Waals surface area contributed by atoms with Crippen LogP contribution in [0.3, 0.4) is 0 Å². The molecule has 0 amide bonds. The Morgan fingerprint density at radius 2 is 1.10 bits per heavy atom. The van der Waals surface area contributed by atoms with Crippen LogP contribution in [0.1, 0.15) is 25.0 Å². The summed E-state index contributed by atoms with van der Waals surface area (Å²) in [5, 5.41) is 3.43. The molecule has 0 fully saturated rings. The summed E-state index contributed by atoms with van der Waals surface area (Å²) >= 11 is 0. The molecule has 5 aromatic rings. The molecule has 2 nitrogen and oxygen atoms in total. The van der Waals surface area contributed by atoms with Gasteiger partial charge in [0.15, 0.2) is 0 Å². The molecule has 0 aliphatic heterocycles. The molecule has 0 spiro atoms. The van der Waals surface area contributed by atoms with Crippen LogP contribution in [-0.2, 0) is 0 Å². The molecule has 0 atom stereocenters. The summed E-state index contributed by atoms with van der Waals surface area (Å²) in [7, 11) is 0. The Bertz CT molecular complexity index is 1530. The van der Waals surface area contributed by atoms with Gasteiger partial charge in [0.25, 0.3) is 0 Å². The van der Waals surface area contributed by atoms with E-state index in [1.807, 2.05) is 62.4 Å². The molecule has 0 saturated heterocycles. The zero-order chi connectivity index (χ0) is 30.2. The first-order chi connectivity index (χ1) is 20.6. The van der Waals surface area contributed by atoms with Crippen molar-refractivity contribution in [1.82, 2.24) is 0 Å². The minimum absolute atomic E-state index is 0.972. The van der Waals surface area contributed by atoms with Crippen LogP contribution in [0.2, 0.25) is 0 Å². The van der Waals surface area contributed by atoms with Crippen LogP contribution >= 0.6 is 0 Å². The van der Waals surface area contributed by atoms with Gasteiger partial charge in [0, 0.05) is 28.4 Å². The third-order valence-electron chi connectivity index (χ3n) is 6.36. The first kappa shape index (κ1) is 31.4. The van der Waals surface area contributed by atoms with Gasteiger partial charge in [0.05, 0.1) is 0 Å². The first-order valence-electron chi connectivity index (χ1n) is 14.4. The van der Waals surface area contributed by atoms with E-state index in [-0.39, 0.29) is 0 Å². The van der Waals surface area contributed by atoms with Crippen LogP contribution < -0.4 is 10.2 Å². The lowest BCUT2D eigenvalue weighted by molar-refractivity contribution is 1.20. The maximum Gasteiger partial charge on any atom is 0.0464 e. The van der Waals surface area contributed by atoms with Gasteiger partial charge in [-0.3, -0.25) is 0 Å². The summed E-state index contributed by atoms with van der Waals surface area (Å²) in [6.07, 6.45) is 5.62. The van der Waals surface area contributed by atoms with E-state index in [2.05, 4.69) is 134 Å². The van der Waals surface area contributed by atoms with Gasteiger partial charge in [-0.1, -0.05) is 124 Å². The normalized spacial score (nSPS) is 10.2. The van der Waals surface area contributed by atoms with Gasteiger partial charge in [-0.15, -0.1) is 0 Å². The van der Waals surface area contributed by atoms with Crippen molar-refractivity contribution in [2.45, 2.75) is 27.7 Å². The molecule has 0 aromatic heterocycles. The summed E-state index contributed by atoms with van der Waals surface area (Å²) in [4.78, 5) is 2.19. The van der Waals surface area contributed by atoms with Crippen LogP contribution in [0, 0.1) is 13.8 Å². The van der Waals surface area contributed by atoms with Gasteiger partial charge < -0.3 is 10.2 Å². The molecule has 0 unspecified atom stereocenters. The average Bonchev–Trinajstić information content (AvgIpc) is 3.04. The van der Waals surface area contributed by atoms with E-state index in [4.69, 9.17) is 0 Å². The van der Waals surface area contributed by atoms with E-state index in [0.717, 1.165) is 28.4 Å². The summed E-state index contributed by atoms with van der Waals surface area (Å²) in [6.45, 7) is 16.1. The Morgan fingerprint density at radius 3 is 1.60 bits per heavy atom. The van der Waals surface area contributed by atoms with E-state index in [1.54, 1.807) is 6.08 Å². The van der Waals surface area contributed by atoms with Gasteiger partial charge in [-0.05, 0) is 91.2 Å². The molecule has 0 aliphatic rings. The Morgan fingerprint density at radius 1 is 0.571 bits per heavy atom. The van der Waals surface area contributed by atoms with Gasteiger partial charge in [-0.25, -0.2) is 0 Å². The molecule has 5 aromatic carbocycles. The number of nitrogens with zero attached hydrogens (tertiary/aromatic N) is 1. The lowest BCUT2D eigenvalue weighted by Gasteiger charge is -2.26. The van der Waals surface area contributed by atoms with Gasteiger partial charge >= 0.3 is 0 Å². The highest BCUT2D eigenvalue weighted by Gasteiger charge is 2.13. The molecule has 0 radical (unpaired) electrons. The number of benzene rings is 5. The minimum atomic E-state index is 0.972. The minimum Gasteiger partial charge on any atom is -0.356 e. The quantitative estimate of drug-likeness (QED) is 0.193. The van der Waals surface area contributed by atoms with Crippen molar-refractivity contribution in [2.24, 2.45) is 0 Å². The molecule has 0 aliphatic carbocycles. The van der Waals surface area contributed by atoms with Crippen LogP contribution in [0.15, 0.2) is 171 Å². The van der Waals surface area contributed by atoms with E-state index < -0.39 is 0 Å². The average molecular weight is 551 g/mol. The smallest absolute Gasteiger partial charge is 0.0464 e. The largest absolute Gasteiger partial charge is 0.356 e. The molecule has 2 heteroatoms. The van der Waals surface area contributed by atoms with E-state index >= 15 is 0 Å². The molecular formula is C40H42N2. The predicted molar refractivity (Wildman–Crippen MR) is 186 cm³/mol. The zero-order valence-electron chi connectivity index (χ0n) is 25.3. The Labute approximate surface area is 253 Å². The molecule has 42 heavy (non-hydrogen) atoms. The second-order valence-corrected chi connectivity index (χ2v) is 9.48. The van der Waals surface area contributed by atoms with Crippen LogP contribution in [0.5, 0.6) is 0 Å². The second kappa shape index (κ2) is 16.9. The van der Waals surface area contributed by atoms with E-state index in [1.165, 1.54) is 22.3 Å². The lowest BCUT2D eigenvalue weighted by Crippen LogP contribution is -2.15. The van der Waals surface area contributed by atoms with Gasteiger partial charge in [-0.2, -0.15) is 0 Å². The van der Waals surface area contributed by atoms with Crippen LogP contribution in [0.25, 0.3) is 11.1 Å². The third-order valence-corrected chi connectivity index (χ3v) is 6.36. The van der Waals surface area contributed by atoms with Crippen molar-refractivity contribution in [1.29, 1.82) is 0 Å². The molecule has 212 valence electrons. The monoisotopic (exact) mass is 550 g/mol. The van der Waals surface area contributed by atoms with Gasteiger partial charge in [0.1, 0.15) is 0 Å². The highest BCUT2D eigenvalue weighted by atomic mass is 15.1. The molecule has 0 saturated carbocycles. The molecular weight excluding hydrogens is 508 g/mol. The fourth-order valence-electron chi connectivity index (χ4n) is 4.34. The van der Waals surface area contributed by atoms with Crippen molar-refractivity contribution >= 4 is 22.7 Å². The fourth-order valence-corrected chi connectivity index (χ4v) is 4.34. The second-order valence-electron chi connectivity index (χ2n) is 9.48. The number of nitrogens with one attached hydrogen (secondary N) is 1. The maximum atomic E-state index is 4.01. The molecule has 0 heterocycles. The van der Waals surface area contributed by atoms with Crippen molar-refractivity contribution in [2.75, 3.05) is 10.2 Å². The number of para-hydroxylation sites is 1. The standard InChI is InChI=1S/C31H28N2.C7H8.C2H6/c1-4-10-29(5-2)33(31-14-9-11-24(3)23-31)30-21-17-26(18-22-30)25-15-19-28(20-16-25)32-27-12-7-6-8-13-27;1-7-5-3-2-4-6-7;1-2/h4-23,32H,1-2H2,3H3;2-6H,1H3;1-2H3/b29-10+;;. The van der Waals surface area contributed by atoms with Crippen molar-refractivity contribution < 1.29 is 0 Å². The van der Waals surface area contributed by atoms with Crippen molar-refractivity contribution in [3.63, 3.8) is 0 Å². The van der Waals surface area contributed by atoms with E-state index in [0.29, 0.717) is 0 Å². The molecule has 0 bridgehead atoms. The SMILES string of the molecule is C=C/C=C(\C=C)N(c1ccc(-c2ccc(Nc3ccccc3)cc2)cc1)c1cccc(C)c1.CC.Cc1ccccc1. The summed E-state index contributed by atoms with van der Waals surface area (Å²) in [5.74, 6) is 0. The lowest BCUT2D eigenvalue weighted by atomic mass is 10.0. The zero-order valence-corrected chi connectivity index (χ0v) is 25.3. The predicted octanol–water partition coefficient (Wildman–Crippen LogP) is 11.8. The Balaban J connectivity index is 0.000000465. The number of rotatable bonds is 8. The topological polar surface area (TPSA) is 15.3 Å². The van der Waals surface area contributed by atoms with Crippen LogP contribution in [0.4, 0.5) is 22.7 Å². The maximum absolute atomic E-state index is 4.01. The number of aryl methyl sites for hydroxylation is 2. The number of anilines is 4. The number of allylic oxidation sites excluding steroid dienone is 3. The Kier molecular flexibility index (Phi) is 12.6. The molecule has 1 N–H and O–H groups in total. The summed E-state index contributed by atoms with van der Waals surface area (Å²) < 4.78 is 0. The highest BCUT2D eigenvalue weighted by molar-refractivity contribution is 5.75. The van der Waals surface area contributed by atoms with Crippen LogP contribution in [-0.4, -0.2) is 0 Å². The number of hydrogen-bond acceptors (Lipinski definition) is 2. The Hall–Kier alpha value is -5.08. The van der Waals surface area contributed by atoms with Gasteiger partial charge in [0.2, 0.25) is 0 Å². The third kappa shape index (κ3) is 9.25. The highest BCUT2D eigenvalue weighted by Crippen LogP contribution is 2.33. The molecule has 5 rings (SSSR count). The number of hydrogen-bond donors (Lipinski definition) is 1. The van der Waals surface area contributed by atoms with E-state index in [9.17, 15) is 0 Å².